The highest BCUT2D eigenvalue weighted by Crippen LogP contribution is 2.26. The van der Waals surface area contributed by atoms with E-state index in [-0.39, 0.29) is 11.4 Å². The van der Waals surface area contributed by atoms with Crippen molar-refractivity contribution < 1.29 is 4.79 Å². The fourth-order valence-corrected chi connectivity index (χ4v) is 2.67. The van der Waals surface area contributed by atoms with E-state index in [9.17, 15) is 4.79 Å². The summed E-state index contributed by atoms with van der Waals surface area (Å²) >= 11 is 1.34. The third-order valence-corrected chi connectivity index (χ3v) is 3.58. The van der Waals surface area contributed by atoms with Gasteiger partial charge >= 0.3 is 0 Å². The van der Waals surface area contributed by atoms with Gasteiger partial charge in [-0.3, -0.25) is 4.79 Å². The lowest BCUT2D eigenvalue weighted by Gasteiger charge is -2.20. The topological polar surface area (TPSA) is 67.8 Å². The van der Waals surface area contributed by atoms with Gasteiger partial charge in [-0.2, -0.15) is 0 Å². The Balaban J connectivity index is 2.35. The normalized spacial score (nSPS) is 11.4. The molecule has 0 fully saturated rings. The number of carbonyl (C=O) groups is 1. The van der Waals surface area contributed by atoms with Gasteiger partial charge in [0.1, 0.15) is 4.88 Å². The number of hydrogen-bond acceptors (Lipinski definition) is 5. The Morgan fingerprint density at radius 2 is 1.95 bits per heavy atom. The monoisotopic (exact) mass is 290 g/mol. The molecule has 0 aliphatic heterocycles. The van der Waals surface area contributed by atoms with Gasteiger partial charge in [-0.1, -0.05) is 6.92 Å². The zero-order valence-corrected chi connectivity index (χ0v) is 12.9. The predicted octanol–water partition coefficient (Wildman–Crippen LogP) is 2.69. The minimum atomic E-state index is -0.268. The summed E-state index contributed by atoms with van der Waals surface area (Å²) < 4.78 is 0. The minimum Gasteiger partial charge on any atom is -0.347 e. The molecule has 0 saturated heterocycles. The Morgan fingerprint density at radius 1 is 1.30 bits per heavy atom. The predicted molar refractivity (Wildman–Crippen MR) is 79.7 cm³/mol. The van der Waals surface area contributed by atoms with E-state index in [2.05, 4.69) is 20.3 Å². The van der Waals surface area contributed by atoms with Gasteiger partial charge < -0.3 is 5.32 Å². The second kappa shape index (κ2) is 5.66. The maximum absolute atomic E-state index is 12.3. The van der Waals surface area contributed by atoms with Crippen molar-refractivity contribution in [2.24, 2.45) is 0 Å². The molecule has 0 aromatic carbocycles. The van der Waals surface area contributed by atoms with Crippen LogP contribution in [0.2, 0.25) is 0 Å². The van der Waals surface area contributed by atoms with Crippen molar-refractivity contribution in [1.29, 1.82) is 0 Å². The molecule has 1 amide bonds. The number of nitrogens with zero attached hydrogens (tertiary/aromatic N) is 3. The van der Waals surface area contributed by atoms with Gasteiger partial charge in [0.15, 0.2) is 10.8 Å². The molecular weight excluding hydrogens is 272 g/mol. The molecule has 0 spiro atoms. The third kappa shape index (κ3) is 3.39. The molecule has 1 N–H and O–H groups in total. The zero-order valence-electron chi connectivity index (χ0n) is 12.1. The Morgan fingerprint density at radius 3 is 2.50 bits per heavy atom. The molecule has 0 aliphatic carbocycles. The summed E-state index contributed by atoms with van der Waals surface area (Å²) in [7, 11) is 0. The molecule has 5 nitrogen and oxygen atoms in total. The molecule has 6 heteroatoms. The van der Waals surface area contributed by atoms with Crippen molar-refractivity contribution in [1.82, 2.24) is 20.3 Å². The number of nitrogens with one attached hydrogen (secondary N) is 1. The first-order chi connectivity index (χ1) is 9.40. The summed E-state index contributed by atoms with van der Waals surface area (Å²) in [6.45, 7) is 7.86. The van der Waals surface area contributed by atoms with Crippen molar-refractivity contribution in [3.05, 3.63) is 29.0 Å². The highest BCUT2D eigenvalue weighted by atomic mass is 32.1. The van der Waals surface area contributed by atoms with Crippen molar-refractivity contribution in [2.45, 2.75) is 39.7 Å². The molecule has 2 aromatic heterocycles. The Hall–Kier alpha value is -1.82. The smallest absolute Gasteiger partial charge is 0.263 e. The first-order valence-electron chi connectivity index (χ1n) is 6.50. The minimum absolute atomic E-state index is 0.0889. The Bertz CT molecular complexity index is 601. The average molecular weight is 290 g/mol. The van der Waals surface area contributed by atoms with Crippen LogP contribution in [-0.4, -0.2) is 26.4 Å². The Labute approximate surface area is 122 Å². The van der Waals surface area contributed by atoms with Gasteiger partial charge in [0.2, 0.25) is 0 Å². The van der Waals surface area contributed by atoms with Crippen molar-refractivity contribution in [2.75, 3.05) is 0 Å². The second-order valence-electron chi connectivity index (χ2n) is 5.42. The number of hydrogen-bond donors (Lipinski definition) is 1. The van der Waals surface area contributed by atoms with Crippen LogP contribution >= 0.6 is 11.3 Å². The van der Waals surface area contributed by atoms with E-state index in [4.69, 9.17) is 0 Å². The molecule has 106 valence electrons. The van der Waals surface area contributed by atoms with Crippen LogP contribution in [0.4, 0.5) is 0 Å². The highest BCUT2D eigenvalue weighted by molar-refractivity contribution is 7.17. The van der Waals surface area contributed by atoms with Gasteiger partial charge in [0.25, 0.3) is 5.91 Å². The molecule has 2 rings (SSSR count). The van der Waals surface area contributed by atoms with E-state index in [1.807, 2.05) is 27.7 Å². The van der Waals surface area contributed by atoms with Crippen LogP contribution in [0.3, 0.4) is 0 Å². The van der Waals surface area contributed by atoms with E-state index in [1.165, 1.54) is 11.3 Å². The molecule has 2 heterocycles. The third-order valence-electron chi connectivity index (χ3n) is 2.48. The van der Waals surface area contributed by atoms with Crippen LogP contribution in [0.5, 0.6) is 0 Å². The van der Waals surface area contributed by atoms with E-state index in [0.29, 0.717) is 22.1 Å². The summed E-state index contributed by atoms with van der Waals surface area (Å²) in [5, 5.41) is 3.65. The average Bonchev–Trinajstić information content (AvgIpc) is 2.82. The number of aromatic nitrogens is 3. The van der Waals surface area contributed by atoms with Crippen LogP contribution in [-0.2, 0) is 6.42 Å². The maximum atomic E-state index is 12.3. The van der Waals surface area contributed by atoms with Gasteiger partial charge in [-0.25, -0.2) is 15.0 Å². The van der Waals surface area contributed by atoms with Crippen LogP contribution in [0.25, 0.3) is 10.8 Å². The van der Waals surface area contributed by atoms with Gasteiger partial charge in [0, 0.05) is 17.9 Å². The Kier molecular flexibility index (Phi) is 4.13. The number of carbonyl (C=O) groups excluding carboxylic acids is 1. The van der Waals surface area contributed by atoms with E-state index in [0.717, 1.165) is 5.69 Å². The molecular formula is C14H18N4OS. The summed E-state index contributed by atoms with van der Waals surface area (Å²) in [4.78, 5) is 25.8. The highest BCUT2D eigenvalue weighted by Gasteiger charge is 2.22. The quantitative estimate of drug-likeness (QED) is 0.943. The number of thiazole rings is 1. The van der Waals surface area contributed by atoms with Crippen molar-refractivity contribution >= 4 is 17.2 Å². The lowest BCUT2D eigenvalue weighted by Crippen LogP contribution is -2.40. The molecule has 0 radical (unpaired) electrons. The first-order valence-corrected chi connectivity index (χ1v) is 7.32. The molecule has 2 aromatic rings. The number of rotatable bonds is 3. The zero-order chi connectivity index (χ0) is 14.8. The maximum Gasteiger partial charge on any atom is 0.263 e. The SMILES string of the molecule is CCc1nc(-c2ncccn2)sc1C(=O)NC(C)(C)C. The summed E-state index contributed by atoms with van der Waals surface area (Å²) in [5.41, 5.74) is 0.523. The molecule has 0 unspecified atom stereocenters. The molecule has 20 heavy (non-hydrogen) atoms. The van der Waals surface area contributed by atoms with Gasteiger partial charge in [0.05, 0.1) is 5.69 Å². The van der Waals surface area contributed by atoms with Gasteiger partial charge in [-0.15, -0.1) is 11.3 Å². The molecule has 0 saturated carbocycles. The van der Waals surface area contributed by atoms with Crippen LogP contribution in [0, 0.1) is 0 Å². The molecule has 0 aliphatic rings. The van der Waals surface area contributed by atoms with Gasteiger partial charge in [-0.05, 0) is 33.3 Å². The molecule has 0 atom stereocenters. The van der Waals surface area contributed by atoms with Crippen molar-refractivity contribution in [3.8, 4) is 10.8 Å². The fourth-order valence-electron chi connectivity index (χ4n) is 1.67. The van der Waals surface area contributed by atoms with E-state index >= 15 is 0 Å². The first kappa shape index (κ1) is 14.6. The summed E-state index contributed by atoms with van der Waals surface area (Å²) in [5.74, 6) is 0.469. The van der Waals surface area contributed by atoms with Crippen LogP contribution < -0.4 is 5.32 Å². The fraction of sp³-hybridized carbons (Fsp3) is 0.429. The lowest BCUT2D eigenvalue weighted by molar-refractivity contribution is 0.0922. The standard InChI is InChI=1S/C14H18N4OS/c1-5-9-10(12(19)18-14(2,3)4)20-13(17-9)11-15-7-6-8-16-11/h6-8H,5H2,1-4H3,(H,18,19). The summed E-state index contributed by atoms with van der Waals surface area (Å²) in [6, 6.07) is 1.76. The van der Waals surface area contributed by atoms with Crippen LogP contribution in [0.15, 0.2) is 18.5 Å². The second-order valence-corrected chi connectivity index (χ2v) is 6.42. The largest absolute Gasteiger partial charge is 0.347 e. The molecule has 0 bridgehead atoms. The number of aryl methyl sites for hydroxylation is 1. The lowest BCUT2D eigenvalue weighted by atomic mass is 10.1. The van der Waals surface area contributed by atoms with E-state index < -0.39 is 0 Å². The summed E-state index contributed by atoms with van der Waals surface area (Å²) in [6.07, 6.45) is 4.05. The van der Waals surface area contributed by atoms with E-state index in [1.54, 1.807) is 18.5 Å². The van der Waals surface area contributed by atoms with Crippen LogP contribution in [0.1, 0.15) is 43.1 Å². The van der Waals surface area contributed by atoms with Crippen molar-refractivity contribution in [3.63, 3.8) is 0 Å². The number of amides is 1.